The van der Waals surface area contributed by atoms with E-state index in [1.807, 2.05) is 47.5 Å². The highest BCUT2D eigenvalue weighted by Gasteiger charge is 2.31. The Balaban J connectivity index is 1.72. The summed E-state index contributed by atoms with van der Waals surface area (Å²) in [7, 11) is 0. The van der Waals surface area contributed by atoms with Crippen molar-refractivity contribution in [2.45, 2.75) is 12.6 Å². The first-order valence-corrected chi connectivity index (χ1v) is 9.55. The summed E-state index contributed by atoms with van der Waals surface area (Å²) >= 11 is 12.0. The quantitative estimate of drug-likeness (QED) is 0.378. The van der Waals surface area contributed by atoms with Crippen molar-refractivity contribution in [2.24, 2.45) is 0 Å². The Morgan fingerprint density at radius 1 is 1.14 bits per heavy atom. The van der Waals surface area contributed by atoms with Crippen LogP contribution in [0.4, 0.5) is 11.4 Å². The fourth-order valence-electron chi connectivity index (χ4n) is 3.51. The van der Waals surface area contributed by atoms with Gasteiger partial charge in [0.15, 0.2) is 5.11 Å². The third-order valence-corrected chi connectivity index (χ3v) is 5.48. The van der Waals surface area contributed by atoms with E-state index in [9.17, 15) is 10.1 Å². The fourth-order valence-corrected chi connectivity index (χ4v) is 4.00. The number of fused-ring (bicyclic) bond motifs is 1. The van der Waals surface area contributed by atoms with Crippen LogP contribution in [0.15, 0.2) is 66.9 Å². The van der Waals surface area contributed by atoms with Crippen molar-refractivity contribution in [3.05, 3.63) is 93.3 Å². The van der Waals surface area contributed by atoms with Crippen LogP contribution in [-0.2, 0) is 6.54 Å². The number of aromatic nitrogens is 1. The molecule has 2 heterocycles. The van der Waals surface area contributed by atoms with Gasteiger partial charge in [-0.25, -0.2) is 0 Å². The molecule has 0 spiro atoms. The second kappa shape index (κ2) is 7.61. The third kappa shape index (κ3) is 3.46. The predicted molar refractivity (Wildman–Crippen MR) is 114 cm³/mol. The van der Waals surface area contributed by atoms with Gasteiger partial charge >= 0.3 is 0 Å². The van der Waals surface area contributed by atoms with Crippen molar-refractivity contribution in [1.82, 2.24) is 9.47 Å². The smallest absolute Gasteiger partial charge is 0.269 e. The molecule has 0 aliphatic carbocycles. The van der Waals surface area contributed by atoms with Crippen molar-refractivity contribution in [2.75, 3.05) is 11.9 Å². The molecule has 1 aliphatic heterocycles. The number of halogens is 1. The first-order valence-electron chi connectivity index (χ1n) is 8.76. The lowest BCUT2D eigenvalue weighted by atomic mass is 10.00. The summed E-state index contributed by atoms with van der Waals surface area (Å²) in [5, 5.41) is 15.6. The van der Waals surface area contributed by atoms with Crippen LogP contribution in [-0.4, -0.2) is 26.0 Å². The topological polar surface area (TPSA) is 63.3 Å². The van der Waals surface area contributed by atoms with Crippen LogP contribution >= 0.6 is 23.8 Å². The summed E-state index contributed by atoms with van der Waals surface area (Å²) in [5.74, 6) is 0. The molecule has 2 aromatic carbocycles. The van der Waals surface area contributed by atoms with E-state index in [4.69, 9.17) is 23.8 Å². The molecule has 0 saturated heterocycles. The van der Waals surface area contributed by atoms with Crippen molar-refractivity contribution in [1.29, 1.82) is 0 Å². The number of non-ortho nitro benzene ring substituents is 1. The Bertz CT molecular complexity index is 1050. The van der Waals surface area contributed by atoms with Crippen molar-refractivity contribution in [3.8, 4) is 0 Å². The maximum Gasteiger partial charge on any atom is 0.269 e. The Labute approximate surface area is 172 Å². The average Bonchev–Trinajstić information content (AvgIpc) is 3.17. The van der Waals surface area contributed by atoms with Gasteiger partial charge in [-0.05, 0) is 42.0 Å². The van der Waals surface area contributed by atoms with E-state index in [1.54, 1.807) is 18.2 Å². The summed E-state index contributed by atoms with van der Waals surface area (Å²) in [4.78, 5) is 12.9. The number of anilines is 1. The maximum absolute atomic E-state index is 11.3. The number of benzene rings is 2. The number of nitro benzene ring substituents is 1. The van der Waals surface area contributed by atoms with Crippen LogP contribution in [0.2, 0.25) is 5.02 Å². The summed E-state index contributed by atoms with van der Waals surface area (Å²) in [6.07, 6.45) is 2.02. The fraction of sp³-hybridized carbons (Fsp3) is 0.150. The Morgan fingerprint density at radius 2 is 1.96 bits per heavy atom. The van der Waals surface area contributed by atoms with E-state index in [1.165, 1.54) is 6.07 Å². The standard InChI is InChI=1S/C20H17ClN4O2S/c21-16-7-1-2-8-17(16)22-20(28)24-12-11-23-10-4-9-18(23)19(24)14-5-3-6-15(13-14)25(26)27/h1-10,13,19H,11-12H2,(H,22,28). The minimum Gasteiger partial charge on any atom is -0.348 e. The Kier molecular flexibility index (Phi) is 5.02. The first kappa shape index (κ1) is 18.5. The van der Waals surface area contributed by atoms with E-state index in [-0.39, 0.29) is 16.7 Å². The zero-order valence-electron chi connectivity index (χ0n) is 14.8. The highest BCUT2D eigenvalue weighted by molar-refractivity contribution is 7.80. The van der Waals surface area contributed by atoms with Crippen LogP contribution < -0.4 is 5.32 Å². The zero-order chi connectivity index (χ0) is 19.7. The van der Waals surface area contributed by atoms with Crippen molar-refractivity contribution < 1.29 is 4.92 Å². The minimum atomic E-state index is -0.379. The molecule has 1 atom stereocenters. The van der Waals surface area contributed by atoms with Gasteiger partial charge in [0.2, 0.25) is 0 Å². The lowest BCUT2D eigenvalue weighted by Crippen LogP contribution is -2.44. The lowest BCUT2D eigenvalue weighted by Gasteiger charge is -2.39. The third-order valence-electron chi connectivity index (χ3n) is 4.81. The zero-order valence-corrected chi connectivity index (χ0v) is 16.4. The monoisotopic (exact) mass is 412 g/mol. The summed E-state index contributed by atoms with van der Waals surface area (Å²) < 4.78 is 2.15. The molecule has 0 fully saturated rings. The van der Waals surface area contributed by atoms with Crippen LogP contribution in [0.5, 0.6) is 0 Å². The summed E-state index contributed by atoms with van der Waals surface area (Å²) in [6.45, 7) is 1.45. The number of thiocarbonyl (C=S) groups is 1. The second-order valence-corrected chi connectivity index (χ2v) is 7.28. The van der Waals surface area contributed by atoms with Gasteiger partial charge in [-0.2, -0.15) is 0 Å². The number of para-hydroxylation sites is 1. The molecule has 4 rings (SSSR count). The van der Waals surface area contributed by atoms with E-state index < -0.39 is 0 Å². The first-order chi connectivity index (χ1) is 13.5. The molecule has 28 heavy (non-hydrogen) atoms. The molecular weight excluding hydrogens is 396 g/mol. The van der Waals surface area contributed by atoms with Crippen LogP contribution in [0.25, 0.3) is 0 Å². The van der Waals surface area contributed by atoms with Gasteiger partial charge in [-0.1, -0.05) is 35.9 Å². The molecule has 1 N–H and O–H groups in total. The molecule has 0 saturated carbocycles. The van der Waals surface area contributed by atoms with Gasteiger partial charge in [0.1, 0.15) is 0 Å². The molecule has 1 unspecified atom stereocenters. The molecule has 142 valence electrons. The number of hydrogen-bond donors (Lipinski definition) is 1. The van der Waals surface area contributed by atoms with Gasteiger partial charge < -0.3 is 14.8 Å². The van der Waals surface area contributed by atoms with Crippen LogP contribution in [0, 0.1) is 10.1 Å². The molecule has 0 bridgehead atoms. The molecule has 0 amide bonds. The van der Waals surface area contributed by atoms with E-state index in [2.05, 4.69) is 9.88 Å². The SMILES string of the molecule is O=[N+]([O-])c1cccc(C2c3cccn3CCN2C(=S)Nc2ccccc2Cl)c1. The lowest BCUT2D eigenvalue weighted by molar-refractivity contribution is -0.384. The number of nitrogens with one attached hydrogen (secondary N) is 1. The Morgan fingerprint density at radius 3 is 2.75 bits per heavy atom. The molecule has 3 aromatic rings. The summed E-state index contributed by atoms with van der Waals surface area (Å²) in [5.41, 5.74) is 2.64. The highest BCUT2D eigenvalue weighted by atomic mass is 35.5. The van der Waals surface area contributed by atoms with Gasteiger partial charge in [0.05, 0.1) is 21.7 Å². The number of nitro groups is 1. The normalized spacial score (nSPS) is 15.8. The van der Waals surface area contributed by atoms with Gasteiger partial charge in [0, 0.05) is 37.1 Å². The second-order valence-electron chi connectivity index (χ2n) is 6.48. The van der Waals surface area contributed by atoms with Gasteiger partial charge in [-0.15, -0.1) is 0 Å². The van der Waals surface area contributed by atoms with E-state index in [0.29, 0.717) is 16.7 Å². The molecule has 8 heteroatoms. The molecular formula is C20H17ClN4O2S. The number of rotatable bonds is 3. The predicted octanol–water partition coefficient (Wildman–Crippen LogP) is 4.85. The molecule has 6 nitrogen and oxygen atoms in total. The minimum absolute atomic E-state index is 0.0612. The Hall–Kier alpha value is -2.90. The maximum atomic E-state index is 11.3. The van der Waals surface area contributed by atoms with Gasteiger partial charge in [-0.3, -0.25) is 10.1 Å². The van der Waals surface area contributed by atoms with Crippen molar-refractivity contribution >= 4 is 40.3 Å². The molecule has 0 radical (unpaired) electrons. The van der Waals surface area contributed by atoms with E-state index >= 15 is 0 Å². The number of hydrogen-bond acceptors (Lipinski definition) is 3. The molecule has 1 aliphatic rings. The van der Waals surface area contributed by atoms with Crippen LogP contribution in [0.3, 0.4) is 0 Å². The van der Waals surface area contributed by atoms with Crippen molar-refractivity contribution in [3.63, 3.8) is 0 Å². The molecule has 1 aromatic heterocycles. The average molecular weight is 413 g/mol. The largest absolute Gasteiger partial charge is 0.348 e. The number of nitrogens with zero attached hydrogens (tertiary/aromatic N) is 3. The van der Waals surface area contributed by atoms with Gasteiger partial charge in [0.25, 0.3) is 5.69 Å². The summed E-state index contributed by atoms with van der Waals surface area (Å²) in [6, 6.07) is 17.9. The van der Waals surface area contributed by atoms with Crippen LogP contribution in [0.1, 0.15) is 17.3 Å². The highest BCUT2D eigenvalue weighted by Crippen LogP contribution is 2.34. The van der Waals surface area contributed by atoms with E-state index in [0.717, 1.165) is 23.5 Å².